The lowest BCUT2D eigenvalue weighted by atomic mass is 9.95. The molecule has 1 unspecified atom stereocenters. The Morgan fingerprint density at radius 2 is 2.15 bits per heavy atom. The predicted molar refractivity (Wildman–Crippen MR) is 57.9 cm³/mol. The molecule has 13 heavy (non-hydrogen) atoms. The Morgan fingerprint density at radius 3 is 2.77 bits per heavy atom. The van der Waals surface area contributed by atoms with Crippen LogP contribution in [0.4, 0.5) is 0 Å². The molecule has 0 spiro atoms. The van der Waals surface area contributed by atoms with Gasteiger partial charge in [-0.05, 0) is 37.8 Å². The van der Waals surface area contributed by atoms with Gasteiger partial charge in [-0.1, -0.05) is 36.8 Å². The second-order valence-corrected chi connectivity index (χ2v) is 3.75. The van der Waals surface area contributed by atoms with Crippen LogP contribution in [0.5, 0.6) is 0 Å². The summed E-state index contributed by atoms with van der Waals surface area (Å²) in [6, 6.07) is 8.73. The normalized spacial score (nSPS) is 12.8. The SMILES string of the molecule is Cc1cccc(C(C)CCCN)c1. The smallest absolute Gasteiger partial charge is 0.00771 e. The minimum absolute atomic E-state index is 0.642. The molecular weight excluding hydrogens is 158 g/mol. The van der Waals surface area contributed by atoms with Gasteiger partial charge in [0.15, 0.2) is 0 Å². The van der Waals surface area contributed by atoms with Crippen LogP contribution < -0.4 is 5.73 Å². The second kappa shape index (κ2) is 5.03. The summed E-state index contributed by atoms with van der Waals surface area (Å²) in [6.45, 7) is 5.21. The molecule has 0 bridgehead atoms. The topological polar surface area (TPSA) is 26.0 Å². The van der Waals surface area contributed by atoms with Gasteiger partial charge < -0.3 is 5.73 Å². The first kappa shape index (κ1) is 10.3. The molecule has 72 valence electrons. The molecule has 1 aromatic rings. The summed E-state index contributed by atoms with van der Waals surface area (Å²) in [5.74, 6) is 0.642. The van der Waals surface area contributed by atoms with Gasteiger partial charge in [-0.15, -0.1) is 0 Å². The molecule has 0 aromatic heterocycles. The average molecular weight is 177 g/mol. The van der Waals surface area contributed by atoms with E-state index in [9.17, 15) is 0 Å². The second-order valence-electron chi connectivity index (χ2n) is 3.75. The standard InChI is InChI=1S/C12H19N/c1-10-5-3-7-12(9-10)11(2)6-4-8-13/h3,5,7,9,11H,4,6,8,13H2,1-2H3. The Hall–Kier alpha value is -0.820. The number of rotatable bonds is 4. The quantitative estimate of drug-likeness (QED) is 0.752. The Bertz CT molecular complexity index is 255. The summed E-state index contributed by atoms with van der Waals surface area (Å²) in [7, 11) is 0. The van der Waals surface area contributed by atoms with E-state index in [1.54, 1.807) is 0 Å². The Labute approximate surface area is 81.0 Å². The molecule has 0 heterocycles. The first-order chi connectivity index (χ1) is 6.24. The zero-order chi connectivity index (χ0) is 9.68. The molecule has 0 aliphatic rings. The van der Waals surface area contributed by atoms with Gasteiger partial charge in [0.1, 0.15) is 0 Å². The van der Waals surface area contributed by atoms with Crippen LogP contribution >= 0.6 is 0 Å². The van der Waals surface area contributed by atoms with Gasteiger partial charge in [0.2, 0.25) is 0 Å². The third-order valence-electron chi connectivity index (χ3n) is 2.45. The highest BCUT2D eigenvalue weighted by Gasteiger charge is 2.03. The van der Waals surface area contributed by atoms with Gasteiger partial charge >= 0.3 is 0 Å². The summed E-state index contributed by atoms with van der Waals surface area (Å²) in [5, 5.41) is 0. The van der Waals surface area contributed by atoms with E-state index in [-0.39, 0.29) is 0 Å². The van der Waals surface area contributed by atoms with E-state index in [0.29, 0.717) is 5.92 Å². The summed E-state index contributed by atoms with van der Waals surface area (Å²) in [6.07, 6.45) is 2.31. The Balaban J connectivity index is 2.60. The highest BCUT2D eigenvalue weighted by Crippen LogP contribution is 2.20. The van der Waals surface area contributed by atoms with Gasteiger partial charge in [0.05, 0.1) is 0 Å². The third kappa shape index (κ3) is 3.19. The minimum atomic E-state index is 0.642. The predicted octanol–water partition coefficient (Wildman–Crippen LogP) is 2.84. The Kier molecular flexibility index (Phi) is 3.97. The van der Waals surface area contributed by atoms with Crippen LogP contribution in [0.1, 0.15) is 36.8 Å². The number of aryl methyl sites for hydroxylation is 1. The lowest BCUT2D eigenvalue weighted by molar-refractivity contribution is 0.640. The molecule has 2 N–H and O–H groups in total. The number of nitrogens with two attached hydrogens (primary N) is 1. The third-order valence-corrected chi connectivity index (χ3v) is 2.45. The van der Waals surface area contributed by atoms with Crippen molar-refractivity contribution in [1.29, 1.82) is 0 Å². The number of hydrogen-bond acceptors (Lipinski definition) is 1. The van der Waals surface area contributed by atoms with Crippen molar-refractivity contribution in [3.8, 4) is 0 Å². The van der Waals surface area contributed by atoms with Gasteiger partial charge in [-0.25, -0.2) is 0 Å². The molecule has 1 heteroatoms. The van der Waals surface area contributed by atoms with Crippen LogP contribution in [0, 0.1) is 6.92 Å². The molecule has 1 aromatic carbocycles. The van der Waals surface area contributed by atoms with Gasteiger partial charge in [-0.3, -0.25) is 0 Å². The van der Waals surface area contributed by atoms with E-state index in [2.05, 4.69) is 38.1 Å². The maximum absolute atomic E-state index is 5.48. The highest BCUT2D eigenvalue weighted by molar-refractivity contribution is 5.24. The van der Waals surface area contributed by atoms with Crippen molar-refractivity contribution in [2.75, 3.05) is 6.54 Å². The molecular formula is C12H19N. The van der Waals surface area contributed by atoms with Crippen molar-refractivity contribution in [3.05, 3.63) is 35.4 Å². The number of benzene rings is 1. The van der Waals surface area contributed by atoms with Crippen molar-refractivity contribution in [2.45, 2.75) is 32.6 Å². The zero-order valence-electron chi connectivity index (χ0n) is 8.59. The van der Waals surface area contributed by atoms with Crippen molar-refractivity contribution in [3.63, 3.8) is 0 Å². The molecule has 0 radical (unpaired) electrons. The summed E-state index contributed by atoms with van der Waals surface area (Å²) < 4.78 is 0. The molecule has 0 saturated heterocycles. The number of hydrogen-bond donors (Lipinski definition) is 1. The van der Waals surface area contributed by atoms with E-state index in [1.807, 2.05) is 0 Å². The fourth-order valence-electron chi connectivity index (χ4n) is 1.57. The van der Waals surface area contributed by atoms with Crippen LogP contribution in [0.3, 0.4) is 0 Å². The van der Waals surface area contributed by atoms with Gasteiger partial charge in [0.25, 0.3) is 0 Å². The fourth-order valence-corrected chi connectivity index (χ4v) is 1.57. The van der Waals surface area contributed by atoms with E-state index in [4.69, 9.17) is 5.73 Å². The summed E-state index contributed by atoms with van der Waals surface area (Å²) >= 11 is 0. The molecule has 1 nitrogen and oxygen atoms in total. The molecule has 0 aliphatic heterocycles. The molecule has 1 rings (SSSR count). The summed E-state index contributed by atoms with van der Waals surface area (Å²) in [4.78, 5) is 0. The largest absolute Gasteiger partial charge is 0.330 e. The van der Waals surface area contributed by atoms with E-state index in [1.165, 1.54) is 17.5 Å². The average Bonchev–Trinajstić information content (AvgIpc) is 2.14. The molecule has 0 amide bonds. The van der Waals surface area contributed by atoms with Crippen molar-refractivity contribution < 1.29 is 0 Å². The lowest BCUT2D eigenvalue weighted by Crippen LogP contribution is -2.01. The summed E-state index contributed by atoms with van der Waals surface area (Å²) in [5.41, 5.74) is 8.27. The van der Waals surface area contributed by atoms with Crippen molar-refractivity contribution in [2.24, 2.45) is 5.73 Å². The van der Waals surface area contributed by atoms with Crippen LogP contribution in [-0.2, 0) is 0 Å². The Morgan fingerprint density at radius 1 is 1.38 bits per heavy atom. The van der Waals surface area contributed by atoms with Crippen LogP contribution in [-0.4, -0.2) is 6.54 Å². The maximum Gasteiger partial charge on any atom is -0.00771 e. The van der Waals surface area contributed by atoms with Crippen LogP contribution in [0.2, 0.25) is 0 Å². The molecule has 0 saturated carbocycles. The van der Waals surface area contributed by atoms with E-state index < -0.39 is 0 Å². The van der Waals surface area contributed by atoms with Gasteiger partial charge in [-0.2, -0.15) is 0 Å². The minimum Gasteiger partial charge on any atom is -0.330 e. The van der Waals surface area contributed by atoms with Crippen molar-refractivity contribution in [1.82, 2.24) is 0 Å². The van der Waals surface area contributed by atoms with E-state index >= 15 is 0 Å². The molecule has 0 aliphatic carbocycles. The monoisotopic (exact) mass is 177 g/mol. The van der Waals surface area contributed by atoms with E-state index in [0.717, 1.165) is 13.0 Å². The van der Waals surface area contributed by atoms with Crippen LogP contribution in [0.15, 0.2) is 24.3 Å². The van der Waals surface area contributed by atoms with Crippen LogP contribution in [0.25, 0.3) is 0 Å². The zero-order valence-corrected chi connectivity index (χ0v) is 8.59. The molecule has 0 fully saturated rings. The highest BCUT2D eigenvalue weighted by atomic mass is 14.5. The maximum atomic E-state index is 5.48. The fraction of sp³-hybridized carbons (Fsp3) is 0.500. The van der Waals surface area contributed by atoms with Gasteiger partial charge in [0, 0.05) is 0 Å². The first-order valence-corrected chi connectivity index (χ1v) is 5.00. The van der Waals surface area contributed by atoms with Crippen molar-refractivity contribution >= 4 is 0 Å². The first-order valence-electron chi connectivity index (χ1n) is 5.00. The lowest BCUT2D eigenvalue weighted by Gasteiger charge is -2.11. The molecule has 1 atom stereocenters.